The Balaban J connectivity index is 1.54. The minimum Gasteiger partial charge on any atom is -0.493 e. The van der Waals surface area contributed by atoms with Crippen molar-refractivity contribution in [1.82, 2.24) is 5.32 Å². The van der Waals surface area contributed by atoms with E-state index in [1.165, 1.54) is 31.0 Å². The SMILES string of the molecule is COc1cc(/C=C2/SC(=Nc3ccc(I)cc3)NC2=O)ccc1OS(=O)(=O)c1ccc([N+](=O)[O-])cc1. The summed E-state index contributed by atoms with van der Waals surface area (Å²) >= 11 is 3.37. The van der Waals surface area contributed by atoms with Gasteiger partial charge in [0.1, 0.15) is 4.90 Å². The third-order valence-electron chi connectivity index (χ3n) is 4.73. The molecule has 10 nitrogen and oxygen atoms in total. The summed E-state index contributed by atoms with van der Waals surface area (Å²) in [6, 6.07) is 16.3. The molecular formula is C23H16IN3O7S2. The van der Waals surface area contributed by atoms with Gasteiger partial charge < -0.3 is 14.2 Å². The summed E-state index contributed by atoms with van der Waals surface area (Å²) in [6.45, 7) is 0. The van der Waals surface area contributed by atoms with Crippen LogP contribution in [0.2, 0.25) is 0 Å². The third kappa shape index (κ3) is 6.03. The first kappa shape index (κ1) is 25.7. The summed E-state index contributed by atoms with van der Waals surface area (Å²) in [5.41, 5.74) is 1.03. The van der Waals surface area contributed by atoms with E-state index < -0.39 is 15.0 Å². The number of hydrogen-bond acceptors (Lipinski definition) is 9. The van der Waals surface area contributed by atoms with Crippen LogP contribution in [-0.4, -0.2) is 31.5 Å². The predicted octanol–water partition coefficient (Wildman–Crippen LogP) is 4.87. The Hall–Kier alpha value is -3.43. The molecule has 0 bridgehead atoms. The number of nitrogens with zero attached hydrogens (tertiary/aromatic N) is 2. The van der Waals surface area contributed by atoms with Crippen LogP contribution in [0.15, 0.2) is 81.5 Å². The van der Waals surface area contributed by atoms with Crippen molar-refractivity contribution < 1.29 is 27.1 Å². The normalized spacial score (nSPS) is 15.7. The van der Waals surface area contributed by atoms with Crippen LogP contribution in [0.3, 0.4) is 0 Å². The van der Waals surface area contributed by atoms with Crippen LogP contribution in [0.25, 0.3) is 6.08 Å². The van der Waals surface area contributed by atoms with Crippen LogP contribution in [0, 0.1) is 13.7 Å². The number of rotatable bonds is 7. The Morgan fingerprint density at radius 3 is 2.39 bits per heavy atom. The smallest absolute Gasteiger partial charge is 0.339 e. The monoisotopic (exact) mass is 637 g/mol. The van der Waals surface area contributed by atoms with Crippen LogP contribution in [0.5, 0.6) is 11.5 Å². The number of amides is 1. The number of non-ortho nitro benzene ring substituents is 1. The molecule has 0 aliphatic carbocycles. The fourth-order valence-electron chi connectivity index (χ4n) is 3.01. The number of carbonyl (C=O) groups excluding carboxylic acids is 1. The van der Waals surface area contributed by atoms with Crippen molar-refractivity contribution >= 4 is 73.0 Å². The molecule has 184 valence electrons. The van der Waals surface area contributed by atoms with Crippen LogP contribution >= 0.6 is 34.4 Å². The Morgan fingerprint density at radius 2 is 1.75 bits per heavy atom. The fourth-order valence-corrected chi connectivity index (χ4v) is 5.15. The summed E-state index contributed by atoms with van der Waals surface area (Å²) in [5, 5.41) is 13.9. The molecule has 4 rings (SSSR count). The number of aliphatic imine (C=N–C) groups is 1. The largest absolute Gasteiger partial charge is 0.493 e. The highest BCUT2D eigenvalue weighted by Gasteiger charge is 2.25. The number of hydrogen-bond donors (Lipinski definition) is 1. The zero-order valence-electron chi connectivity index (χ0n) is 18.4. The highest BCUT2D eigenvalue weighted by atomic mass is 127. The van der Waals surface area contributed by atoms with E-state index in [0.29, 0.717) is 21.3 Å². The molecular weight excluding hydrogens is 621 g/mol. The van der Waals surface area contributed by atoms with E-state index in [2.05, 4.69) is 32.9 Å². The van der Waals surface area contributed by atoms with Gasteiger partial charge in [0.25, 0.3) is 11.6 Å². The van der Waals surface area contributed by atoms with Crippen molar-refractivity contribution in [3.8, 4) is 11.5 Å². The molecule has 0 radical (unpaired) electrons. The summed E-state index contributed by atoms with van der Waals surface area (Å²) in [7, 11) is -2.93. The summed E-state index contributed by atoms with van der Waals surface area (Å²) < 4.78 is 36.8. The summed E-state index contributed by atoms with van der Waals surface area (Å²) in [6.07, 6.45) is 1.62. The van der Waals surface area contributed by atoms with Gasteiger partial charge in [0.15, 0.2) is 16.7 Å². The Morgan fingerprint density at radius 1 is 1.06 bits per heavy atom. The van der Waals surface area contributed by atoms with Crippen LogP contribution in [0.4, 0.5) is 11.4 Å². The van der Waals surface area contributed by atoms with Gasteiger partial charge in [-0.2, -0.15) is 8.42 Å². The molecule has 0 unspecified atom stereocenters. The van der Waals surface area contributed by atoms with Crippen molar-refractivity contribution in [2.24, 2.45) is 4.99 Å². The molecule has 1 fully saturated rings. The number of ether oxygens (including phenoxy) is 1. The van der Waals surface area contributed by atoms with Crippen molar-refractivity contribution in [1.29, 1.82) is 0 Å². The first-order chi connectivity index (χ1) is 17.1. The van der Waals surface area contributed by atoms with E-state index >= 15 is 0 Å². The first-order valence-corrected chi connectivity index (χ1v) is 13.4. The topological polar surface area (TPSA) is 137 Å². The van der Waals surface area contributed by atoms with Crippen LogP contribution in [-0.2, 0) is 14.9 Å². The van der Waals surface area contributed by atoms with Gasteiger partial charge in [-0.05, 0) is 94.5 Å². The molecule has 1 N–H and O–H groups in total. The molecule has 1 heterocycles. The maximum atomic E-state index is 12.6. The molecule has 13 heteroatoms. The standard InChI is InChI=1S/C23H16IN3O7S2/c1-33-20-12-14(13-21-22(28)26-23(35-21)25-16-5-3-15(24)4-6-16)2-11-19(20)34-36(31,32)18-9-7-17(8-10-18)27(29)30/h2-13H,1H3,(H,25,26,28)/b21-13+. The maximum absolute atomic E-state index is 12.6. The van der Waals surface area contributed by atoms with Gasteiger partial charge in [0, 0.05) is 15.7 Å². The maximum Gasteiger partial charge on any atom is 0.339 e. The van der Waals surface area contributed by atoms with Crippen molar-refractivity contribution in [2.45, 2.75) is 4.90 Å². The van der Waals surface area contributed by atoms with E-state index in [0.717, 1.165) is 27.8 Å². The molecule has 0 atom stereocenters. The molecule has 0 aromatic heterocycles. The Bertz CT molecular complexity index is 1500. The Labute approximate surface area is 223 Å². The zero-order valence-corrected chi connectivity index (χ0v) is 22.2. The van der Waals surface area contributed by atoms with Gasteiger partial charge >= 0.3 is 10.1 Å². The molecule has 1 aliphatic rings. The Kier molecular flexibility index (Phi) is 7.61. The predicted molar refractivity (Wildman–Crippen MR) is 144 cm³/mol. The van der Waals surface area contributed by atoms with Crippen LogP contribution in [0.1, 0.15) is 5.56 Å². The van der Waals surface area contributed by atoms with Crippen molar-refractivity contribution in [3.05, 3.63) is 90.9 Å². The molecule has 3 aromatic rings. The molecule has 36 heavy (non-hydrogen) atoms. The van der Waals surface area contributed by atoms with E-state index in [-0.39, 0.29) is 28.0 Å². The fraction of sp³-hybridized carbons (Fsp3) is 0.0435. The van der Waals surface area contributed by atoms with Gasteiger partial charge in [-0.25, -0.2) is 4.99 Å². The lowest BCUT2D eigenvalue weighted by Gasteiger charge is -2.11. The molecule has 0 saturated carbocycles. The first-order valence-electron chi connectivity index (χ1n) is 10.1. The van der Waals surface area contributed by atoms with E-state index in [1.54, 1.807) is 12.1 Å². The number of methoxy groups -OCH3 is 1. The number of benzene rings is 3. The van der Waals surface area contributed by atoms with E-state index in [1.807, 2.05) is 24.3 Å². The number of carbonyl (C=O) groups is 1. The number of nitro benzene ring substituents is 1. The quantitative estimate of drug-likeness (QED) is 0.127. The van der Waals surface area contributed by atoms with Crippen molar-refractivity contribution in [2.75, 3.05) is 7.11 Å². The second-order valence-electron chi connectivity index (χ2n) is 7.16. The second-order valence-corrected chi connectivity index (χ2v) is 11.0. The molecule has 1 aliphatic heterocycles. The lowest BCUT2D eigenvalue weighted by atomic mass is 10.2. The highest BCUT2D eigenvalue weighted by Crippen LogP contribution is 2.34. The number of halogens is 1. The minimum absolute atomic E-state index is 0.0810. The number of thioether (sulfide) groups is 1. The summed E-state index contributed by atoms with van der Waals surface area (Å²) in [5.74, 6) is -0.280. The van der Waals surface area contributed by atoms with E-state index in [9.17, 15) is 23.3 Å². The lowest BCUT2D eigenvalue weighted by Crippen LogP contribution is -2.19. The average molecular weight is 637 g/mol. The number of nitro groups is 1. The van der Waals surface area contributed by atoms with Gasteiger partial charge in [-0.15, -0.1) is 0 Å². The highest BCUT2D eigenvalue weighted by molar-refractivity contribution is 14.1. The van der Waals surface area contributed by atoms with E-state index in [4.69, 9.17) is 8.92 Å². The zero-order chi connectivity index (χ0) is 25.9. The van der Waals surface area contributed by atoms with Gasteiger partial charge in [0.2, 0.25) is 0 Å². The van der Waals surface area contributed by atoms with Crippen LogP contribution < -0.4 is 14.2 Å². The van der Waals surface area contributed by atoms with Crippen molar-refractivity contribution in [3.63, 3.8) is 0 Å². The number of nitrogens with one attached hydrogen (secondary N) is 1. The number of amidine groups is 1. The summed E-state index contributed by atoms with van der Waals surface area (Å²) in [4.78, 5) is 27.1. The third-order valence-corrected chi connectivity index (χ3v) is 7.61. The van der Waals surface area contributed by atoms with Gasteiger partial charge in [-0.1, -0.05) is 6.07 Å². The molecule has 1 amide bonds. The molecule has 0 spiro atoms. The molecule has 3 aromatic carbocycles. The minimum atomic E-state index is -4.27. The molecule has 1 saturated heterocycles. The van der Waals surface area contributed by atoms with Gasteiger partial charge in [-0.3, -0.25) is 14.9 Å². The lowest BCUT2D eigenvalue weighted by molar-refractivity contribution is -0.384. The van der Waals surface area contributed by atoms with Gasteiger partial charge in [0.05, 0.1) is 22.6 Å². The second kappa shape index (κ2) is 10.7. The average Bonchev–Trinajstić information content (AvgIpc) is 3.19.